The predicted molar refractivity (Wildman–Crippen MR) is 108 cm³/mol. The molecular formula is C21H22N2O4S. The fraction of sp³-hybridized carbons (Fsp3) is 0.286. The van der Waals surface area contributed by atoms with E-state index >= 15 is 0 Å². The van der Waals surface area contributed by atoms with Gasteiger partial charge < -0.3 is 10.0 Å². The van der Waals surface area contributed by atoms with Gasteiger partial charge in [-0.3, -0.25) is 9.10 Å². The number of aliphatic hydroxyl groups excluding tert-OH is 1. The zero-order valence-electron chi connectivity index (χ0n) is 15.6. The molecule has 146 valence electrons. The number of carbonyl (C=O) groups is 1. The molecule has 0 unspecified atom stereocenters. The van der Waals surface area contributed by atoms with E-state index in [0.717, 1.165) is 34.9 Å². The maximum absolute atomic E-state index is 13.1. The van der Waals surface area contributed by atoms with E-state index in [2.05, 4.69) is 4.90 Å². The Kier molecular flexibility index (Phi) is 4.72. The lowest BCUT2D eigenvalue weighted by atomic mass is 9.98. The molecule has 0 saturated carbocycles. The number of hydrogen-bond acceptors (Lipinski definition) is 5. The van der Waals surface area contributed by atoms with E-state index in [4.69, 9.17) is 0 Å². The highest BCUT2D eigenvalue weighted by Gasteiger charge is 2.38. The van der Waals surface area contributed by atoms with Crippen molar-refractivity contribution in [2.75, 3.05) is 31.6 Å². The quantitative estimate of drug-likeness (QED) is 0.803. The van der Waals surface area contributed by atoms with Gasteiger partial charge >= 0.3 is 0 Å². The first-order valence-electron chi connectivity index (χ1n) is 9.26. The number of β-amino-alcohol motifs (C(OH)–C–C–N with tert-alkyl or cyclic N) is 1. The van der Waals surface area contributed by atoms with Crippen molar-refractivity contribution in [3.05, 3.63) is 64.9 Å². The fourth-order valence-electron chi connectivity index (χ4n) is 3.90. The minimum Gasteiger partial charge on any atom is -0.394 e. The van der Waals surface area contributed by atoms with Crippen LogP contribution in [0.15, 0.2) is 53.1 Å². The molecule has 4 rings (SSSR count). The minimum atomic E-state index is -3.90. The fourth-order valence-corrected chi connectivity index (χ4v) is 5.54. The van der Waals surface area contributed by atoms with E-state index in [1.165, 1.54) is 17.7 Å². The maximum atomic E-state index is 13.1. The van der Waals surface area contributed by atoms with E-state index in [1.807, 2.05) is 25.2 Å². The average molecular weight is 398 g/mol. The second-order valence-electron chi connectivity index (χ2n) is 7.07. The Balaban J connectivity index is 1.84. The van der Waals surface area contributed by atoms with Gasteiger partial charge in [-0.2, -0.15) is 0 Å². The van der Waals surface area contributed by atoms with Crippen LogP contribution in [0.4, 0.5) is 5.69 Å². The lowest BCUT2D eigenvalue weighted by Crippen LogP contribution is -2.40. The number of benzene rings is 2. The number of sulfonamides is 1. The largest absolute Gasteiger partial charge is 0.394 e. The number of aliphatic hydroxyl groups is 1. The number of aryl methyl sites for hydroxylation is 1. The molecule has 2 heterocycles. The lowest BCUT2D eigenvalue weighted by molar-refractivity contribution is 0.0998. The molecule has 0 aliphatic carbocycles. The van der Waals surface area contributed by atoms with Crippen molar-refractivity contribution < 1.29 is 18.3 Å². The Hall–Kier alpha value is -2.64. The van der Waals surface area contributed by atoms with Crippen LogP contribution in [-0.2, 0) is 16.4 Å². The number of nitrogens with zero attached hydrogens (tertiary/aromatic N) is 2. The summed E-state index contributed by atoms with van der Waals surface area (Å²) in [7, 11) is -1.85. The van der Waals surface area contributed by atoms with E-state index in [0.29, 0.717) is 0 Å². The molecule has 28 heavy (non-hydrogen) atoms. The van der Waals surface area contributed by atoms with Crippen LogP contribution in [0, 0.1) is 0 Å². The molecule has 0 spiro atoms. The number of allylic oxidation sites excluding steroid dienone is 1. The molecule has 0 fully saturated rings. The Bertz CT molecular complexity index is 1080. The van der Waals surface area contributed by atoms with Gasteiger partial charge in [0, 0.05) is 24.8 Å². The highest BCUT2D eigenvalue weighted by atomic mass is 32.2. The summed E-state index contributed by atoms with van der Waals surface area (Å²) in [6.07, 6.45) is 3.62. The summed E-state index contributed by atoms with van der Waals surface area (Å²) in [5.41, 5.74) is 3.35. The number of Topliss-reactive ketones (excluding diaryl/α,β-unsaturated/α-hetero) is 1. The van der Waals surface area contributed by atoms with Gasteiger partial charge in [0.1, 0.15) is 5.70 Å². The summed E-state index contributed by atoms with van der Waals surface area (Å²) in [5, 5.41) is 9.41. The van der Waals surface area contributed by atoms with Crippen LogP contribution < -0.4 is 4.90 Å². The zero-order valence-corrected chi connectivity index (χ0v) is 16.4. The van der Waals surface area contributed by atoms with Crippen LogP contribution in [0.2, 0.25) is 0 Å². The van der Waals surface area contributed by atoms with Crippen LogP contribution in [0.5, 0.6) is 0 Å². The second kappa shape index (κ2) is 7.07. The van der Waals surface area contributed by atoms with Crippen LogP contribution in [0.3, 0.4) is 0 Å². The number of fused-ring (bicyclic) bond motifs is 2. The second-order valence-corrected chi connectivity index (χ2v) is 8.90. The number of hydrogen-bond donors (Lipinski definition) is 1. The van der Waals surface area contributed by atoms with Crippen LogP contribution >= 0.6 is 0 Å². The third-order valence-electron chi connectivity index (χ3n) is 5.26. The van der Waals surface area contributed by atoms with Gasteiger partial charge in [-0.05, 0) is 54.3 Å². The standard InChI is InChI=1S/C21H22N2O4S/c1-22-10-4-5-16-13-15(8-9-18(16)22)14-19-21(25)17-6-2-3-7-20(17)28(26,27)23(19)11-12-24/h2-3,6-9,13-14,24H,4-5,10-12H2,1H3. The molecule has 0 bridgehead atoms. The number of rotatable bonds is 3. The van der Waals surface area contributed by atoms with Gasteiger partial charge in [-0.1, -0.05) is 18.2 Å². The molecule has 7 heteroatoms. The molecular weight excluding hydrogens is 376 g/mol. The lowest BCUT2D eigenvalue weighted by Gasteiger charge is -2.31. The first-order chi connectivity index (χ1) is 13.4. The summed E-state index contributed by atoms with van der Waals surface area (Å²) in [6.45, 7) is 0.466. The van der Waals surface area contributed by atoms with Gasteiger partial charge in [0.15, 0.2) is 0 Å². The zero-order chi connectivity index (χ0) is 19.9. The summed E-state index contributed by atoms with van der Waals surface area (Å²) in [6, 6.07) is 12.1. The SMILES string of the molecule is CN1CCCc2cc(C=C3C(=O)c4ccccc4S(=O)(=O)N3CCO)ccc21. The number of anilines is 1. The molecule has 2 aromatic rings. The smallest absolute Gasteiger partial charge is 0.265 e. The summed E-state index contributed by atoms with van der Waals surface area (Å²) < 4.78 is 27.1. The normalized spacial score (nSPS) is 19.5. The highest BCUT2D eigenvalue weighted by molar-refractivity contribution is 7.89. The summed E-state index contributed by atoms with van der Waals surface area (Å²) in [4.78, 5) is 15.2. The maximum Gasteiger partial charge on any atom is 0.265 e. The third-order valence-corrected chi connectivity index (χ3v) is 7.13. The summed E-state index contributed by atoms with van der Waals surface area (Å²) >= 11 is 0. The van der Waals surface area contributed by atoms with Gasteiger partial charge in [-0.15, -0.1) is 0 Å². The Morgan fingerprint density at radius 1 is 1.18 bits per heavy atom. The van der Waals surface area contributed by atoms with Gasteiger partial charge in [0.25, 0.3) is 10.0 Å². The van der Waals surface area contributed by atoms with Gasteiger partial charge in [0.2, 0.25) is 5.78 Å². The third kappa shape index (κ3) is 3.00. The Morgan fingerprint density at radius 3 is 2.75 bits per heavy atom. The minimum absolute atomic E-state index is 0.0161. The molecule has 0 radical (unpaired) electrons. The van der Waals surface area contributed by atoms with Crippen molar-refractivity contribution >= 4 is 27.6 Å². The topological polar surface area (TPSA) is 77.9 Å². The molecule has 1 N–H and O–H groups in total. The highest BCUT2D eigenvalue weighted by Crippen LogP contribution is 2.34. The first kappa shape index (κ1) is 18.7. The molecule has 2 aliphatic rings. The number of ketones is 1. The van der Waals surface area contributed by atoms with Crippen molar-refractivity contribution in [2.24, 2.45) is 0 Å². The Morgan fingerprint density at radius 2 is 1.96 bits per heavy atom. The van der Waals surface area contributed by atoms with Crippen molar-refractivity contribution in [1.29, 1.82) is 0 Å². The van der Waals surface area contributed by atoms with Crippen molar-refractivity contribution in [3.63, 3.8) is 0 Å². The van der Waals surface area contributed by atoms with Gasteiger partial charge in [-0.25, -0.2) is 8.42 Å². The predicted octanol–water partition coefficient (Wildman–Crippen LogP) is 2.29. The monoisotopic (exact) mass is 398 g/mol. The van der Waals surface area contributed by atoms with Crippen LogP contribution in [0.1, 0.15) is 27.9 Å². The van der Waals surface area contributed by atoms with E-state index in [-0.39, 0.29) is 35.1 Å². The summed E-state index contributed by atoms with van der Waals surface area (Å²) in [5.74, 6) is -0.353. The Labute approximate surface area is 164 Å². The van der Waals surface area contributed by atoms with E-state index < -0.39 is 10.0 Å². The molecule has 6 nitrogen and oxygen atoms in total. The molecule has 0 atom stereocenters. The molecule has 0 aromatic heterocycles. The molecule has 2 aliphatic heterocycles. The van der Waals surface area contributed by atoms with Crippen LogP contribution in [0.25, 0.3) is 6.08 Å². The van der Waals surface area contributed by atoms with Crippen molar-refractivity contribution in [2.45, 2.75) is 17.7 Å². The molecule has 0 saturated heterocycles. The number of carbonyl (C=O) groups excluding carboxylic acids is 1. The average Bonchev–Trinajstić information content (AvgIpc) is 2.69. The molecule has 0 amide bonds. The molecule has 2 aromatic carbocycles. The first-order valence-corrected chi connectivity index (χ1v) is 10.7. The van der Waals surface area contributed by atoms with E-state index in [1.54, 1.807) is 18.2 Å². The van der Waals surface area contributed by atoms with Crippen molar-refractivity contribution in [3.8, 4) is 0 Å². The van der Waals surface area contributed by atoms with Crippen LogP contribution in [-0.4, -0.2) is 50.4 Å². The van der Waals surface area contributed by atoms with Crippen molar-refractivity contribution in [1.82, 2.24) is 4.31 Å². The van der Waals surface area contributed by atoms with E-state index in [9.17, 15) is 18.3 Å². The van der Waals surface area contributed by atoms with Gasteiger partial charge in [0.05, 0.1) is 18.0 Å².